The number of ether oxygens (including phenoxy) is 5. The van der Waals surface area contributed by atoms with Crippen LogP contribution >= 0.6 is 0 Å². The predicted molar refractivity (Wildman–Crippen MR) is 174 cm³/mol. The zero-order chi connectivity index (χ0) is 54.7. The third-order valence-electron chi connectivity index (χ3n) is 8.87. The number of nitrogens with zero attached hydrogens (tertiary/aromatic N) is 2. The third-order valence-corrected chi connectivity index (χ3v) is 8.87. The summed E-state index contributed by atoms with van der Waals surface area (Å²) in [6.07, 6.45) is -53.8. The van der Waals surface area contributed by atoms with E-state index in [1.54, 1.807) is 0 Å². The Morgan fingerprint density at radius 2 is 0.900 bits per heavy atom. The Bertz CT molecular complexity index is 1980. The van der Waals surface area contributed by atoms with Crippen molar-refractivity contribution in [1.29, 1.82) is 0 Å². The molecule has 0 aliphatic heterocycles. The third kappa shape index (κ3) is 12.8. The summed E-state index contributed by atoms with van der Waals surface area (Å²) in [5, 5.41) is 0. The highest BCUT2D eigenvalue weighted by molar-refractivity contribution is 5.66. The van der Waals surface area contributed by atoms with Gasteiger partial charge in [0.2, 0.25) is 0 Å². The molecule has 0 N–H and O–H groups in total. The van der Waals surface area contributed by atoms with E-state index in [0.29, 0.717) is 18.4 Å². The SMILES string of the molecule is CCCCCCCCc1cccc(-c2ncccn2)c1OCC(F)COCC(F)(F)C(F)(F)C(F)(F)C(F)(F)C(F)(F)OC(F)(F)C(F)(F)OC(F)(F)C(F)(F)OC(F)(F)C(F)(F)C(F)(F)C(F)(F)F. The van der Waals surface area contributed by atoms with Gasteiger partial charge in [0, 0.05) is 12.4 Å². The molecule has 2 aromatic rings. The topological polar surface area (TPSA) is 71.9 Å². The normalized spacial score (nSPS) is 15.4. The molecule has 1 atom stereocenters. The van der Waals surface area contributed by atoms with Gasteiger partial charge in [-0.3, -0.25) is 0 Å². The maximum atomic E-state index is 14.8. The fourth-order valence-corrected chi connectivity index (χ4v) is 5.11. The lowest BCUT2D eigenvalue weighted by Crippen LogP contribution is -2.70. The number of para-hydroxylation sites is 1. The Morgan fingerprint density at radius 1 is 0.471 bits per heavy atom. The molecule has 0 fully saturated rings. The number of halogens is 28. The molecular formula is C35H30F28N2O5. The van der Waals surface area contributed by atoms with E-state index in [4.69, 9.17) is 4.74 Å². The van der Waals surface area contributed by atoms with Crippen molar-refractivity contribution in [3.8, 4) is 17.1 Å². The molecule has 0 bridgehead atoms. The van der Waals surface area contributed by atoms with E-state index in [1.807, 2.05) is 6.92 Å². The molecule has 0 saturated carbocycles. The van der Waals surface area contributed by atoms with E-state index >= 15 is 0 Å². The maximum absolute atomic E-state index is 14.8. The molecular weight excluding hydrogens is 1060 g/mol. The van der Waals surface area contributed by atoms with Crippen LogP contribution in [0.2, 0.25) is 0 Å². The zero-order valence-electron chi connectivity index (χ0n) is 34.1. The summed E-state index contributed by atoms with van der Waals surface area (Å²) in [4.78, 5) is 7.97. The number of aromatic nitrogens is 2. The highest BCUT2D eigenvalue weighted by atomic mass is 19.4. The Balaban J connectivity index is 2.27. The Hall–Kier alpha value is -4.02. The first kappa shape index (κ1) is 62.1. The molecule has 1 aromatic heterocycles. The molecule has 0 amide bonds. The number of hydrogen-bond acceptors (Lipinski definition) is 7. The van der Waals surface area contributed by atoms with Crippen LogP contribution in [0.5, 0.6) is 5.75 Å². The molecule has 0 saturated heterocycles. The van der Waals surface area contributed by atoms with Crippen molar-refractivity contribution in [1.82, 2.24) is 9.97 Å². The summed E-state index contributed by atoms with van der Waals surface area (Å²) in [5.41, 5.74) is 0.479. The van der Waals surface area contributed by atoms with Crippen LogP contribution in [0.4, 0.5) is 123 Å². The van der Waals surface area contributed by atoms with Gasteiger partial charge in [-0.05, 0) is 30.5 Å². The lowest BCUT2D eigenvalue weighted by atomic mass is 9.98. The Kier molecular flexibility index (Phi) is 18.8. The van der Waals surface area contributed by atoms with Gasteiger partial charge in [0.05, 0.1) is 12.2 Å². The standard InChI is InChI=1S/C35H30F28N2O5/c1-2-3-4-5-6-7-10-18-11-8-12-20(22-64-13-9-14-65-22)21(18)67-16-19(36)15-66-17-23(37,38)24(39,40)25(41,42)27(45,46)30(52,53)68-32(56,57)34(60,61)70-35(62,63)33(58,59)69-31(54,55)28(47,48)26(43,44)29(49,50)51/h8-9,11-14,19H,2-7,10,15-17H2,1H3. The van der Waals surface area contributed by atoms with E-state index in [1.165, 1.54) is 36.7 Å². The van der Waals surface area contributed by atoms with Crippen molar-refractivity contribution in [2.24, 2.45) is 0 Å². The number of benzene rings is 1. The van der Waals surface area contributed by atoms with E-state index < -0.39 is 104 Å². The maximum Gasteiger partial charge on any atom is 0.460 e. The van der Waals surface area contributed by atoms with Gasteiger partial charge < -0.3 is 9.47 Å². The highest BCUT2D eigenvalue weighted by Crippen LogP contribution is 2.60. The first-order valence-electron chi connectivity index (χ1n) is 18.7. The molecule has 1 heterocycles. The van der Waals surface area contributed by atoms with E-state index in [0.717, 1.165) is 39.9 Å². The van der Waals surface area contributed by atoms with Crippen LogP contribution in [-0.2, 0) is 25.4 Å². The van der Waals surface area contributed by atoms with Crippen molar-refractivity contribution in [3.05, 3.63) is 42.2 Å². The van der Waals surface area contributed by atoms with Gasteiger partial charge in [-0.25, -0.2) is 28.6 Å². The zero-order valence-corrected chi connectivity index (χ0v) is 34.1. The Labute approximate surface area is 372 Å². The number of rotatable bonds is 29. The van der Waals surface area contributed by atoms with Crippen molar-refractivity contribution in [2.75, 3.05) is 19.8 Å². The van der Waals surface area contributed by atoms with Gasteiger partial charge in [0.1, 0.15) is 19.0 Å². The van der Waals surface area contributed by atoms with Crippen molar-refractivity contribution in [3.63, 3.8) is 0 Å². The van der Waals surface area contributed by atoms with Crippen LogP contribution in [0.15, 0.2) is 36.7 Å². The predicted octanol–water partition coefficient (Wildman–Crippen LogP) is 13.8. The molecule has 7 nitrogen and oxygen atoms in total. The second kappa shape index (κ2) is 21.2. The summed E-state index contributed by atoms with van der Waals surface area (Å²) >= 11 is 0. The molecule has 0 radical (unpaired) electrons. The van der Waals surface area contributed by atoms with Crippen molar-refractivity contribution >= 4 is 0 Å². The average Bonchev–Trinajstić information content (AvgIpc) is 3.19. The smallest absolute Gasteiger partial charge is 0.460 e. The second-order valence-corrected chi connectivity index (χ2v) is 14.3. The minimum atomic E-state index is -8.78. The fraction of sp³-hybridized carbons (Fsp3) is 0.714. The number of hydrogen-bond donors (Lipinski definition) is 0. The Morgan fingerprint density at radius 3 is 1.36 bits per heavy atom. The minimum Gasteiger partial charge on any atom is -0.489 e. The van der Waals surface area contributed by atoms with Gasteiger partial charge in [0.25, 0.3) is 0 Å². The molecule has 406 valence electrons. The molecule has 1 unspecified atom stereocenters. The van der Waals surface area contributed by atoms with Gasteiger partial charge >= 0.3 is 78.4 Å². The summed E-state index contributed by atoms with van der Waals surface area (Å²) in [5.74, 6) is -49.4. The molecule has 0 spiro atoms. The monoisotopic (exact) mass is 1090 g/mol. The van der Waals surface area contributed by atoms with Crippen molar-refractivity contribution in [2.45, 2.75) is 136 Å². The molecule has 1 aromatic carbocycles. The number of aryl methyl sites for hydroxylation is 1. The molecule has 2 rings (SSSR count). The van der Waals surface area contributed by atoms with E-state index in [2.05, 4.69) is 14.7 Å². The molecule has 35 heteroatoms. The van der Waals surface area contributed by atoms with Crippen LogP contribution < -0.4 is 4.74 Å². The lowest BCUT2D eigenvalue weighted by molar-refractivity contribution is -0.577. The largest absolute Gasteiger partial charge is 0.489 e. The lowest BCUT2D eigenvalue weighted by Gasteiger charge is -2.40. The highest BCUT2D eigenvalue weighted by Gasteiger charge is 2.89. The summed E-state index contributed by atoms with van der Waals surface area (Å²) in [7, 11) is 0. The molecule has 70 heavy (non-hydrogen) atoms. The summed E-state index contributed by atoms with van der Waals surface area (Å²) < 4.78 is 394. The first-order chi connectivity index (χ1) is 31.3. The van der Waals surface area contributed by atoms with E-state index in [9.17, 15) is 123 Å². The molecule has 0 aliphatic carbocycles. The van der Waals surface area contributed by atoms with Crippen LogP contribution in [0, 0.1) is 0 Å². The number of unbranched alkanes of at least 4 members (excludes halogenated alkanes) is 5. The van der Waals surface area contributed by atoms with Crippen molar-refractivity contribution < 1.29 is 147 Å². The van der Waals surface area contributed by atoms with Crippen LogP contribution in [0.25, 0.3) is 11.4 Å². The van der Waals surface area contributed by atoms with Crippen LogP contribution in [0.3, 0.4) is 0 Å². The summed E-state index contributed by atoms with van der Waals surface area (Å²) in [6, 6.07) is 5.75. The average molecular weight is 1090 g/mol. The van der Waals surface area contributed by atoms with Gasteiger partial charge in [0.15, 0.2) is 12.0 Å². The molecule has 0 aliphatic rings. The fourth-order valence-electron chi connectivity index (χ4n) is 5.11. The van der Waals surface area contributed by atoms with Gasteiger partial charge in [-0.1, -0.05) is 51.2 Å². The second-order valence-electron chi connectivity index (χ2n) is 14.3. The quantitative estimate of drug-likeness (QED) is 0.0594. The number of alkyl halides is 28. The van der Waals surface area contributed by atoms with Crippen LogP contribution in [-0.4, -0.2) is 114 Å². The first-order valence-corrected chi connectivity index (χ1v) is 18.7. The minimum absolute atomic E-state index is 0.0178. The van der Waals surface area contributed by atoms with Gasteiger partial charge in [-0.15, -0.1) is 0 Å². The van der Waals surface area contributed by atoms with Crippen LogP contribution in [0.1, 0.15) is 51.0 Å². The van der Waals surface area contributed by atoms with E-state index in [-0.39, 0.29) is 23.6 Å². The summed E-state index contributed by atoms with van der Waals surface area (Å²) in [6.45, 7) is -4.61. The van der Waals surface area contributed by atoms with Gasteiger partial charge in [-0.2, -0.15) is 119 Å².